The van der Waals surface area contributed by atoms with Crippen molar-refractivity contribution in [3.63, 3.8) is 0 Å². The van der Waals surface area contributed by atoms with Gasteiger partial charge in [-0.25, -0.2) is 0 Å². The van der Waals surface area contributed by atoms with Crippen LogP contribution in [0.2, 0.25) is 0 Å². The zero-order valence-electron chi connectivity index (χ0n) is 14.0. The van der Waals surface area contributed by atoms with E-state index in [9.17, 15) is 4.79 Å². The van der Waals surface area contributed by atoms with E-state index in [-0.39, 0.29) is 0 Å². The molecule has 0 aromatic rings. The van der Waals surface area contributed by atoms with Crippen LogP contribution >= 0.6 is 0 Å². The summed E-state index contributed by atoms with van der Waals surface area (Å²) >= 11 is 0. The minimum atomic E-state index is 0.290. The highest BCUT2D eigenvalue weighted by molar-refractivity contribution is 5.79. The minimum Gasteiger partial charge on any atom is -0.353 e. The molecule has 0 bridgehead atoms. The van der Waals surface area contributed by atoms with Crippen molar-refractivity contribution in [2.45, 2.75) is 79.2 Å². The summed E-state index contributed by atoms with van der Waals surface area (Å²) in [5, 5.41) is 3.24. The van der Waals surface area contributed by atoms with Gasteiger partial charge in [0.1, 0.15) is 0 Å². The Balaban J connectivity index is 1.93. The molecule has 2 nitrogen and oxygen atoms in total. The highest BCUT2D eigenvalue weighted by Crippen LogP contribution is 2.44. The largest absolute Gasteiger partial charge is 0.353 e. The Morgan fingerprint density at radius 3 is 2.25 bits per heavy atom. The molecule has 2 atom stereocenters. The zero-order chi connectivity index (χ0) is 14.9. The van der Waals surface area contributed by atoms with Crippen molar-refractivity contribution in [3.8, 4) is 0 Å². The molecule has 2 unspecified atom stereocenters. The summed E-state index contributed by atoms with van der Waals surface area (Å²) in [7, 11) is 0. The number of carbonyl (C=O) groups excluding carboxylic acids is 1. The fourth-order valence-corrected chi connectivity index (χ4v) is 4.38. The predicted octanol–water partition coefficient (Wildman–Crippen LogP) is 4.39. The lowest BCUT2D eigenvalue weighted by Crippen LogP contribution is -2.36. The summed E-state index contributed by atoms with van der Waals surface area (Å²) in [5.41, 5.74) is 0.450. The van der Waals surface area contributed by atoms with Crippen molar-refractivity contribution >= 4 is 5.91 Å². The van der Waals surface area contributed by atoms with Crippen LogP contribution in [0.3, 0.4) is 0 Å². The van der Waals surface area contributed by atoms with Crippen molar-refractivity contribution < 1.29 is 4.79 Å². The molecule has 1 amide bonds. The molecule has 2 heteroatoms. The first-order chi connectivity index (χ1) is 9.27. The summed E-state index contributed by atoms with van der Waals surface area (Å²) in [4.78, 5) is 11.8. The molecule has 0 spiro atoms. The van der Waals surface area contributed by atoms with Gasteiger partial charge < -0.3 is 5.32 Å². The highest BCUT2D eigenvalue weighted by Gasteiger charge is 2.40. The topological polar surface area (TPSA) is 29.1 Å². The van der Waals surface area contributed by atoms with Gasteiger partial charge in [-0.15, -0.1) is 0 Å². The maximum Gasteiger partial charge on any atom is 0.220 e. The van der Waals surface area contributed by atoms with Gasteiger partial charge in [-0.05, 0) is 61.2 Å². The number of hydrogen-bond donors (Lipinski definition) is 1. The van der Waals surface area contributed by atoms with Crippen molar-refractivity contribution in [1.82, 2.24) is 5.32 Å². The second-order valence-corrected chi connectivity index (χ2v) is 8.65. The van der Waals surface area contributed by atoms with Crippen molar-refractivity contribution in [2.24, 2.45) is 29.1 Å². The lowest BCUT2D eigenvalue weighted by Gasteiger charge is -2.39. The Morgan fingerprint density at radius 1 is 1.15 bits per heavy atom. The fraction of sp³-hybridized carbons (Fsp3) is 0.944. The number of rotatable bonds is 3. The molecule has 1 saturated carbocycles. The fourth-order valence-electron chi connectivity index (χ4n) is 4.38. The normalized spacial score (nSPS) is 35.4. The Hall–Kier alpha value is -0.530. The van der Waals surface area contributed by atoms with Crippen LogP contribution in [0, 0.1) is 29.1 Å². The Bertz CT molecular complexity index is 334. The van der Waals surface area contributed by atoms with Crippen LogP contribution in [0.1, 0.15) is 73.1 Å². The summed E-state index contributed by atoms with van der Waals surface area (Å²) in [6.07, 6.45) is 7.30. The maximum atomic E-state index is 11.8. The van der Waals surface area contributed by atoms with E-state index in [0.717, 1.165) is 24.7 Å². The molecule has 2 rings (SSSR count). The number of hydrogen-bond acceptors (Lipinski definition) is 1. The highest BCUT2D eigenvalue weighted by atomic mass is 16.2. The van der Waals surface area contributed by atoms with Crippen molar-refractivity contribution in [1.29, 1.82) is 0 Å². The summed E-state index contributed by atoms with van der Waals surface area (Å²) in [6.45, 7) is 11.6. The molecule has 1 saturated heterocycles. The Morgan fingerprint density at radius 2 is 1.75 bits per heavy atom. The van der Waals surface area contributed by atoms with Gasteiger partial charge in [-0.3, -0.25) is 4.79 Å². The smallest absolute Gasteiger partial charge is 0.220 e. The quantitative estimate of drug-likeness (QED) is 0.815. The first kappa shape index (κ1) is 15.9. The average Bonchev–Trinajstić information content (AvgIpc) is 2.68. The molecule has 0 radical (unpaired) electrons. The summed E-state index contributed by atoms with van der Waals surface area (Å²) < 4.78 is 0. The lowest BCUT2D eigenvalue weighted by atomic mass is 9.66. The Labute approximate surface area is 125 Å². The molecule has 20 heavy (non-hydrogen) atoms. The van der Waals surface area contributed by atoms with Gasteiger partial charge >= 0.3 is 0 Å². The van der Waals surface area contributed by atoms with Gasteiger partial charge in [0.15, 0.2) is 0 Å². The van der Waals surface area contributed by atoms with Gasteiger partial charge in [0, 0.05) is 12.5 Å². The second-order valence-electron chi connectivity index (χ2n) is 8.65. The second kappa shape index (κ2) is 6.07. The monoisotopic (exact) mass is 279 g/mol. The standard InChI is InChI=1S/C18H33NO/c1-12(2)10-16-15(11-17(20)19-16)13-6-8-14(9-7-13)18(3,4)5/h12-16H,6-11H2,1-5H3,(H,19,20). The third-order valence-corrected chi connectivity index (χ3v) is 5.61. The first-order valence-corrected chi connectivity index (χ1v) is 8.56. The van der Waals surface area contributed by atoms with E-state index in [4.69, 9.17) is 0 Å². The minimum absolute atomic E-state index is 0.290. The molecule has 2 aliphatic rings. The average molecular weight is 279 g/mol. The molecule has 0 aromatic carbocycles. The van der Waals surface area contributed by atoms with Gasteiger partial charge in [0.05, 0.1) is 0 Å². The molecular formula is C18H33NO. The molecule has 1 aliphatic heterocycles. The van der Waals surface area contributed by atoms with Crippen molar-refractivity contribution in [3.05, 3.63) is 0 Å². The maximum absolute atomic E-state index is 11.8. The third kappa shape index (κ3) is 3.77. The van der Waals surface area contributed by atoms with Crippen LogP contribution in [0.5, 0.6) is 0 Å². The first-order valence-electron chi connectivity index (χ1n) is 8.56. The molecule has 1 heterocycles. The molecule has 1 N–H and O–H groups in total. The molecule has 0 aromatic heterocycles. The lowest BCUT2D eigenvalue weighted by molar-refractivity contribution is -0.119. The van der Waals surface area contributed by atoms with Gasteiger partial charge in [0.2, 0.25) is 5.91 Å². The van der Waals surface area contributed by atoms with E-state index in [1.165, 1.54) is 25.7 Å². The molecule has 2 fully saturated rings. The zero-order valence-corrected chi connectivity index (χ0v) is 14.0. The number of amides is 1. The third-order valence-electron chi connectivity index (χ3n) is 5.61. The number of carbonyl (C=O) groups is 1. The number of nitrogens with one attached hydrogen (secondary N) is 1. The van der Waals surface area contributed by atoms with Crippen LogP contribution in [0.4, 0.5) is 0 Å². The molecule has 1 aliphatic carbocycles. The van der Waals surface area contributed by atoms with Gasteiger partial charge in [-0.1, -0.05) is 34.6 Å². The van der Waals surface area contributed by atoms with E-state index in [2.05, 4.69) is 39.9 Å². The Kier molecular flexibility index (Phi) is 4.81. The van der Waals surface area contributed by atoms with Gasteiger partial charge in [-0.2, -0.15) is 0 Å². The summed E-state index contributed by atoms with van der Waals surface area (Å²) in [6, 6.07) is 0.443. The van der Waals surface area contributed by atoms with E-state index in [1.54, 1.807) is 0 Å². The van der Waals surface area contributed by atoms with E-state index < -0.39 is 0 Å². The van der Waals surface area contributed by atoms with Crippen LogP contribution in [0.15, 0.2) is 0 Å². The van der Waals surface area contributed by atoms with Crippen LogP contribution in [-0.2, 0) is 4.79 Å². The van der Waals surface area contributed by atoms with Crippen molar-refractivity contribution in [2.75, 3.05) is 0 Å². The summed E-state index contributed by atoms with van der Waals surface area (Å²) in [5.74, 6) is 3.21. The van der Waals surface area contributed by atoms with Gasteiger partial charge in [0.25, 0.3) is 0 Å². The van der Waals surface area contributed by atoms with E-state index in [1.807, 2.05) is 0 Å². The molecule has 116 valence electrons. The van der Waals surface area contributed by atoms with E-state index >= 15 is 0 Å². The molecular weight excluding hydrogens is 246 g/mol. The van der Waals surface area contributed by atoms with Crippen LogP contribution < -0.4 is 5.32 Å². The van der Waals surface area contributed by atoms with Crippen LogP contribution in [0.25, 0.3) is 0 Å². The predicted molar refractivity (Wildman–Crippen MR) is 84.4 cm³/mol. The SMILES string of the molecule is CC(C)CC1NC(=O)CC1C1CCC(C(C)(C)C)CC1. The van der Waals surface area contributed by atoms with Crippen LogP contribution in [-0.4, -0.2) is 11.9 Å². The van der Waals surface area contributed by atoms with E-state index in [0.29, 0.717) is 29.2 Å².